The monoisotopic (exact) mass is 530 g/mol. The quantitative estimate of drug-likeness (QED) is 0.274. The van der Waals surface area contributed by atoms with Crippen LogP contribution < -0.4 is 0 Å². The van der Waals surface area contributed by atoms with Gasteiger partial charge in [0.1, 0.15) is 0 Å². The molecule has 1 unspecified atom stereocenters. The fraction of sp³-hybridized carbons (Fsp3) is 0.531. The first kappa shape index (κ1) is 37.0. The van der Waals surface area contributed by atoms with Crippen molar-refractivity contribution in [3.63, 3.8) is 0 Å². The summed E-state index contributed by atoms with van der Waals surface area (Å²) in [7, 11) is 0. The first-order valence-electron chi connectivity index (χ1n) is 13.4. The molecule has 0 aliphatic carbocycles. The maximum Gasteiger partial charge on any atom is 0.313 e. The van der Waals surface area contributed by atoms with Crippen LogP contribution in [0.4, 0.5) is 0 Å². The van der Waals surface area contributed by atoms with Crippen LogP contribution in [0.3, 0.4) is 0 Å². The summed E-state index contributed by atoms with van der Waals surface area (Å²) >= 11 is 0. The highest BCUT2D eigenvalue weighted by Gasteiger charge is 2.21. The molecule has 2 aromatic carbocycles. The zero-order valence-corrected chi connectivity index (χ0v) is 25.2. The van der Waals surface area contributed by atoms with Crippen molar-refractivity contribution in [1.29, 1.82) is 0 Å². The number of rotatable bonds is 7. The van der Waals surface area contributed by atoms with E-state index in [9.17, 15) is 14.4 Å². The molecule has 0 saturated carbocycles. The second-order valence-electron chi connectivity index (χ2n) is 9.60. The molecule has 0 aliphatic rings. The average molecular weight is 531 g/mol. The van der Waals surface area contributed by atoms with Crippen molar-refractivity contribution in [2.24, 2.45) is 11.3 Å². The Morgan fingerprint density at radius 2 is 1.08 bits per heavy atom. The third kappa shape index (κ3) is 19.0. The Labute approximate surface area is 231 Å². The fourth-order valence-electron chi connectivity index (χ4n) is 2.52. The van der Waals surface area contributed by atoms with Crippen molar-refractivity contribution in [2.75, 3.05) is 19.8 Å². The number of carbonyl (C=O) groups excluding carboxylic acids is 3. The van der Waals surface area contributed by atoms with Crippen LogP contribution >= 0.6 is 0 Å². The Morgan fingerprint density at radius 3 is 1.37 bits per heavy atom. The van der Waals surface area contributed by atoms with Crippen LogP contribution in [0, 0.1) is 11.3 Å². The van der Waals surface area contributed by atoms with Crippen molar-refractivity contribution >= 4 is 17.9 Å². The summed E-state index contributed by atoms with van der Waals surface area (Å²) in [5.74, 6) is -0.567. The largest absolute Gasteiger partial charge is 0.466 e. The van der Waals surface area contributed by atoms with Crippen LogP contribution in [0.1, 0.15) is 86.3 Å². The highest BCUT2D eigenvalue weighted by atomic mass is 16.5. The number of hydrogen-bond donors (Lipinski definition) is 0. The predicted molar refractivity (Wildman–Crippen MR) is 155 cm³/mol. The summed E-state index contributed by atoms with van der Waals surface area (Å²) < 4.78 is 14.4. The topological polar surface area (TPSA) is 78.9 Å². The molecule has 0 heterocycles. The summed E-state index contributed by atoms with van der Waals surface area (Å²) in [5.41, 5.74) is 2.06. The number of esters is 3. The highest BCUT2D eigenvalue weighted by molar-refractivity contribution is 5.77. The average Bonchev–Trinajstić information content (AvgIpc) is 2.90. The molecule has 0 N–H and O–H groups in total. The number of aryl methyl sites for hydroxylation is 1. The Balaban J connectivity index is 0. The van der Waals surface area contributed by atoms with Crippen LogP contribution in [0.15, 0.2) is 60.7 Å². The summed E-state index contributed by atoms with van der Waals surface area (Å²) in [6.45, 7) is 20.0. The van der Waals surface area contributed by atoms with Crippen molar-refractivity contribution < 1.29 is 28.6 Å². The van der Waals surface area contributed by atoms with Gasteiger partial charge in [0.05, 0.1) is 37.1 Å². The minimum absolute atomic E-state index is 0.00921. The molecular weight excluding hydrogens is 480 g/mol. The van der Waals surface area contributed by atoms with Gasteiger partial charge in [-0.2, -0.15) is 0 Å². The SMILES string of the molecule is CCOC(=O)C(C)(C)C.CCOC(=O)C(C)C.CCOC(=O)C(C)c1ccccc1.CCc1ccccc1. The third-order valence-corrected chi connectivity index (χ3v) is 4.84. The van der Waals surface area contributed by atoms with Gasteiger partial charge in [-0.3, -0.25) is 14.4 Å². The molecule has 0 aromatic heterocycles. The van der Waals surface area contributed by atoms with Gasteiger partial charge in [0, 0.05) is 0 Å². The van der Waals surface area contributed by atoms with Crippen LogP contribution in [0.5, 0.6) is 0 Å². The summed E-state index contributed by atoms with van der Waals surface area (Å²) in [5, 5.41) is 0. The standard InChI is InChI=1S/C11H14O2.C8H10.C7H14O2.C6H12O2/c1-3-13-11(12)9(2)10-7-5-4-6-8-10;1-2-8-6-4-3-5-7-8;1-5-9-6(8)7(2,3)4;1-4-8-6(7)5(2)3/h4-9H,3H2,1-2H3;3-7H,2H2,1H3;5H2,1-4H3;5H,4H2,1-3H3. The molecule has 38 heavy (non-hydrogen) atoms. The molecule has 0 saturated heterocycles. The van der Waals surface area contributed by atoms with E-state index in [1.54, 1.807) is 6.92 Å². The minimum atomic E-state index is -0.351. The van der Waals surface area contributed by atoms with E-state index in [4.69, 9.17) is 9.47 Å². The van der Waals surface area contributed by atoms with Crippen LogP contribution in [0.2, 0.25) is 0 Å². The lowest BCUT2D eigenvalue weighted by Crippen LogP contribution is -2.22. The Morgan fingerprint density at radius 1 is 0.658 bits per heavy atom. The van der Waals surface area contributed by atoms with Gasteiger partial charge < -0.3 is 14.2 Å². The van der Waals surface area contributed by atoms with Crippen molar-refractivity contribution in [3.05, 3.63) is 71.8 Å². The minimum Gasteiger partial charge on any atom is -0.466 e. The van der Waals surface area contributed by atoms with Gasteiger partial charge in [-0.1, -0.05) is 81.4 Å². The third-order valence-electron chi connectivity index (χ3n) is 4.84. The van der Waals surface area contributed by atoms with E-state index in [2.05, 4.69) is 35.9 Å². The van der Waals surface area contributed by atoms with E-state index in [0.29, 0.717) is 19.8 Å². The lowest BCUT2D eigenvalue weighted by atomic mass is 9.97. The van der Waals surface area contributed by atoms with Gasteiger partial charge >= 0.3 is 17.9 Å². The molecule has 0 bridgehead atoms. The van der Waals surface area contributed by atoms with Crippen molar-refractivity contribution in [2.45, 2.75) is 81.6 Å². The van der Waals surface area contributed by atoms with E-state index in [1.165, 1.54) is 5.56 Å². The van der Waals surface area contributed by atoms with Gasteiger partial charge in [-0.25, -0.2) is 0 Å². The second kappa shape index (κ2) is 21.9. The number of benzene rings is 2. The lowest BCUT2D eigenvalue weighted by molar-refractivity contribution is -0.152. The molecule has 2 rings (SSSR count). The fourth-order valence-corrected chi connectivity index (χ4v) is 2.52. The van der Waals surface area contributed by atoms with E-state index in [0.717, 1.165) is 12.0 Å². The normalized spacial score (nSPS) is 10.7. The van der Waals surface area contributed by atoms with Gasteiger partial charge in [0.2, 0.25) is 0 Å². The first-order valence-corrected chi connectivity index (χ1v) is 13.4. The van der Waals surface area contributed by atoms with E-state index in [-0.39, 0.29) is 35.2 Å². The number of carbonyl (C=O) groups is 3. The van der Waals surface area contributed by atoms with Gasteiger partial charge in [-0.15, -0.1) is 0 Å². The maximum atomic E-state index is 11.3. The first-order chi connectivity index (χ1) is 17.8. The molecule has 0 radical (unpaired) electrons. The van der Waals surface area contributed by atoms with Gasteiger partial charge in [0.15, 0.2) is 0 Å². The summed E-state index contributed by atoms with van der Waals surface area (Å²) in [4.78, 5) is 32.7. The van der Waals surface area contributed by atoms with E-state index < -0.39 is 0 Å². The van der Waals surface area contributed by atoms with Crippen LogP contribution in [-0.2, 0) is 35.0 Å². The Bertz CT molecular complexity index is 870. The van der Waals surface area contributed by atoms with Crippen molar-refractivity contribution in [3.8, 4) is 0 Å². The molecule has 214 valence electrons. The zero-order valence-electron chi connectivity index (χ0n) is 25.2. The predicted octanol–water partition coefficient (Wildman–Crippen LogP) is 7.40. The van der Waals surface area contributed by atoms with Gasteiger partial charge in [-0.05, 0) is 66.0 Å². The molecule has 1 atom stereocenters. The maximum absolute atomic E-state index is 11.3. The second-order valence-corrected chi connectivity index (χ2v) is 9.60. The smallest absolute Gasteiger partial charge is 0.313 e. The molecule has 0 aliphatic heterocycles. The highest BCUT2D eigenvalue weighted by Crippen LogP contribution is 2.16. The molecule has 0 fully saturated rings. The van der Waals surface area contributed by atoms with Crippen LogP contribution in [-0.4, -0.2) is 37.7 Å². The number of ether oxygens (including phenoxy) is 3. The van der Waals surface area contributed by atoms with E-state index >= 15 is 0 Å². The zero-order chi connectivity index (χ0) is 29.6. The molecule has 2 aromatic rings. The summed E-state index contributed by atoms with van der Waals surface area (Å²) in [6.07, 6.45) is 1.14. The molecule has 0 amide bonds. The summed E-state index contributed by atoms with van der Waals surface area (Å²) in [6, 6.07) is 20.1. The Hall–Kier alpha value is -3.15. The number of hydrogen-bond acceptors (Lipinski definition) is 6. The molecular formula is C32H50O6. The van der Waals surface area contributed by atoms with Crippen LogP contribution in [0.25, 0.3) is 0 Å². The molecule has 6 heteroatoms. The Kier molecular flexibility index (Phi) is 21.3. The molecule has 6 nitrogen and oxygen atoms in total. The van der Waals surface area contributed by atoms with E-state index in [1.807, 2.05) is 91.8 Å². The van der Waals surface area contributed by atoms with Crippen molar-refractivity contribution in [1.82, 2.24) is 0 Å². The molecule has 0 spiro atoms. The lowest BCUT2D eigenvalue weighted by Gasteiger charge is -2.14. The van der Waals surface area contributed by atoms with Gasteiger partial charge in [0.25, 0.3) is 0 Å².